The number of benzene rings is 2. The first-order chi connectivity index (χ1) is 18.6. The standard InChI is InChI=1S/C30H37N7O2/c1-18(2)25-11-10-23(15-19(25)3)36-30(39)21-7-5-8-22(16-21)34-26-12-13-33-28(31)27(26)29(32)35-24-9-6-14-37(17-24)20(4)38/h5,7-8,10-13,15-16,18,24H,6,9,14,17H2,1-4H3,(H2,32,35)(H,36,39)(H3,31,33,34). The highest BCUT2D eigenvalue weighted by atomic mass is 16.2. The minimum atomic E-state index is -0.210. The van der Waals surface area contributed by atoms with Gasteiger partial charge in [-0.25, -0.2) is 4.98 Å². The van der Waals surface area contributed by atoms with Crippen LogP contribution in [0.4, 0.5) is 22.9 Å². The van der Waals surface area contributed by atoms with E-state index in [4.69, 9.17) is 16.5 Å². The van der Waals surface area contributed by atoms with Gasteiger partial charge in [-0.2, -0.15) is 0 Å². The van der Waals surface area contributed by atoms with E-state index in [0.717, 1.165) is 30.6 Å². The van der Waals surface area contributed by atoms with E-state index in [1.54, 1.807) is 36.2 Å². The molecule has 1 atom stereocenters. The van der Waals surface area contributed by atoms with E-state index in [2.05, 4.69) is 42.5 Å². The van der Waals surface area contributed by atoms with Gasteiger partial charge in [0.1, 0.15) is 11.7 Å². The van der Waals surface area contributed by atoms with Gasteiger partial charge in [-0.1, -0.05) is 26.0 Å². The van der Waals surface area contributed by atoms with Crippen LogP contribution in [0, 0.1) is 6.92 Å². The third-order valence-corrected chi connectivity index (χ3v) is 6.95. The maximum absolute atomic E-state index is 13.0. The number of piperidine rings is 1. The molecule has 1 fully saturated rings. The zero-order valence-electron chi connectivity index (χ0n) is 23.0. The Bertz CT molecular complexity index is 1400. The van der Waals surface area contributed by atoms with Crippen molar-refractivity contribution >= 4 is 40.5 Å². The van der Waals surface area contributed by atoms with E-state index in [-0.39, 0.29) is 29.5 Å². The van der Waals surface area contributed by atoms with Crippen molar-refractivity contribution in [3.8, 4) is 0 Å². The predicted molar refractivity (Wildman–Crippen MR) is 158 cm³/mol. The van der Waals surface area contributed by atoms with Crippen LogP contribution in [0.3, 0.4) is 0 Å². The summed E-state index contributed by atoms with van der Waals surface area (Å²) >= 11 is 0. The molecular weight excluding hydrogens is 490 g/mol. The highest BCUT2D eigenvalue weighted by Crippen LogP contribution is 2.26. The fourth-order valence-electron chi connectivity index (χ4n) is 4.96. The van der Waals surface area contributed by atoms with Crippen LogP contribution in [-0.2, 0) is 4.79 Å². The van der Waals surface area contributed by atoms with Gasteiger partial charge in [0.2, 0.25) is 5.91 Å². The molecule has 1 aliphatic rings. The summed E-state index contributed by atoms with van der Waals surface area (Å²) in [6, 6.07) is 14.8. The molecule has 0 spiro atoms. The minimum Gasteiger partial charge on any atom is -0.383 e. The number of aromatic nitrogens is 1. The van der Waals surface area contributed by atoms with E-state index in [1.165, 1.54) is 5.56 Å². The molecule has 9 heteroatoms. The summed E-state index contributed by atoms with van der Waals surface area (Å²) in [7, 11) is 0. The molecule has 0 bridgehead atoms. The number of amides is 2. The molecule has 1 aromatic heterocycles. The Morgan fingerprint density at radius 2 is 1.92 bits per heavy atom. The number of pyridine rings is 1. The van der Waals surface area contributed by atoms with Gasteiger partial charge in [-0.15, -0.1) is 0 Å². The summed E-state index contributed by atoms with van der Waals surface area (Å²) in [5, 5.41) is 6.31. The molecule has 1 aliphatic heterocycles. The number of rotatable bonds is 7. The van der Waals surface area contributed by atoms with Gasteiger partial charge >= 0.3 is 0 Å². The highest BCUT2D eigenvalue weighted by Gasteiger charge is 2.22. The molecule has 204 valence electrons. The molecule has 2 amide bonds. The normalized spacial score (nSPS) is 15.8. The van der Waals surface area contributed by atoms with Crippen molar-refractivity contribution < 1.29 is 9.59 Å². The maximum Gasteiger partial charge on any atom is 0.255 e. The van der Waals surface area contributed by atoms with Crippen molar-refractivity contribution in [2.24, 2.45) is 10.7 Å². The van der Waals surface area contributed by atoms with Crippen LogP contribution in [0.25, 0.3) is 0 Å². The lowest BCUT2D eigenvalue weighted by molar-refractivity contribution is -0.129. The van der Waals surface area contributed by atoms with Crippen molar-refractivity contribution in [3.05, 3.63) is 77.0 Å². The van der Waals surface area contributed by atoms with Gasteiger partial charge in [0.25, 0.3) is 5.91 Å². The minimum absolute atomic E-state index is 0.0309. The first-order valence-electron chi connectivity index (χ1n) is 13.2. The number of nitrogens with zero attached hydrogens (tertiary/aromatic N) is 3. The molecule has 9 nitrogen and oxygen atoms in total. The fraction of sp³-hybridized carbons (Fsp3) is 0.333. The number of likely N-dealkylation sites (tertiary alicyclic amines) is 1. The van der Waals surface area contributed by atoms with Gasteiger partial charge in [0, 0.05) is 43.1 Å². The summed E-state index contributed by atoms with van der Waals surface area (Å²) < 4.78 is 0. The number of aliphatic imine (C=N–C) groups is 1. The summed E-state index contributed by atoms with van der Waals surface area (Å²) in [5.41, 5.74) is 18.1. The van der Waals surface area contributed by atoms with Gasteiger partial charge in [0.15, 0.2) is 0 Å². The van der Waals surface area contributed by atoms with Crippen molar-refractivity contribution in [1.29, 1.82) is 0 Å². The Labute approximate surface area is 229 Å². The molecule has 39 heavy (non-hydrogen) atoms. The van der Waals surface area contributed by atoms with Crippen molar-refractivity contribution in [1.82, 2.24) is 9.88 Å². The fourth-order valence-corrected chi connectivity index (χ4v) is 4.96. The van der Waals surface area contributed by atoms with Crippen LogP contribution in [0.5, 0.6) is 0 Å². The number of hydrogen-bond acceptors (Lipinski definition) is 6. The molecule has 0 aliphatic carbocycles. The second-order valence-corrected chi connectivity index (χ2v) is 10.3. The topological polar surface area (TPSA) is 139 Å². The first kappa shape index (κ1) is 27.6. The Morgan fingerprint density at radius 3 is 2.64 bits per heavy atom. The molecule has 6 N–H and O–H groups in total. The highest BCUT2D eigenvalue weighted by molar-refractivity contribution is 6.07. The second-order valence-electron chi connectivity index (χ2n) is 10.3. The third-order valence-electron chi connectivity index (χ3n) is 6.95. The second kappa shape index (κ2) is 12.0. The van der Waals surface area contributed by atoms with E-state index in [0.29, 0.717) is 35.0 Å². The summed E-state index contributed by atoms with van der Waals surface area (Å²) in [4.78, 5) is 35.5. The van der Waals surface area contributed by atoms with E-state index >= 15 is 0 Å². The molecule has 2 aromatic carbocycles. The van der Waals surface area contributed by atoms with Gasteiger partial charge in [-0.3, -0.25) is 14.6 Å². The van der Waals surface area contributed by atoms with Crippen molar-refractivity contribution in [2.45, 2.75) is 52.5 Å². The van der Waals surface area contributed by atoms with Gasteiger partial charge in [0.05, 0.1) is 17.3 Å². The Morgan fingerprint density at radius 1 is 1.13 bits per heavy atom. The van der Waals surface area contributed by atoms with Gasteiger partial charge < -0.3 is 27.0 Å². The monoisotopic (exact) mass is 527 g/mol. The van der Waals surface area contributed by atoms with Crippen LogP contribution in [-0.4, -0.2) is 46.7 Å². The van der Waals surface area contributed by atoms with Crippen LogP contribution in [0.1, 0.15) is 66.6 Å². The zero-order valence-corrected chi connectivity index (χ0v) is 23.0. The predicted octanol–water partition coefficient (Wildman–Crippen LogP) is 4.81. The number of nitrogen functional groups attached to an aromatic ring is 1. The number of anilines is 4. The van der Waals surface area contributed by atoms with Gasteiger partial charge in [-0.05, 0) is 73.2 Å². The molecule has 1 saturated heterocycles. The van der Waals surface area contributed by atoms with E-state index in [9.17, 15) is 9.59 Å². The van der Waals surface area contributed by atoms with E-state index < -0.39 is 0 Å². The number of amidine groups is 1. The number of nitrogens with two attached hydrogens (primary N) is 2. The molecule has 4 rings (SSSR count). The molecule has 1 unspecified atom stereocenters. The molecule has 0 radical (unpaired) electrons. The Kier molecular flexibility index (Phi) is 8.49. The molecular formula is C30H37N7O2. The Hall–Kier alpha value is -4.40. The van der Waals surface area contributed by atoms with Crippen LogP contribution in [0.2, 0.25) is 0 Å². The first-order valence-corrected chi connectivity index (χ1v) is 13.2. The summed E-state index contributed by atoms with van der Waals surface area (Å²) in [6.07, 6.45) is 3.29. The van der Waals surface area contributed by atoms with E-state index in [1.807, 2.05) is 24.3 Å². The van der Waals surface area contributed by atoms with Crippen molar-refractivity contribution in [3.63, 3.8) is 0 Å². The summed E-state index contributed by atoms with van der Waals surface area (Å²) in [6.45, 7) is 9.17. The van der Waals surface area contributed by atoms with Crippen LogP contribution < -0.4 is 22.1 Å². The molecule has 3 aromatic rings. The lowest BCUT2D eigenvalue weighted by atomic mass is 9.97. The lowest BCUT2D eigenvalue weighted by Crippen LogP contribution is -2.41. The largest absolute Gasteiger partial charge is 0.383 e. The number of carbonyl (C=O) groups is 2. The SMILES string of the molecule is CC(=O)N1CCCC(N=C(N)c2c(Nc3cccc(C(=O)Nc4ccc(C(C)C)c(C)c4)c3)ccnc2N)C1. The van der Waals surface area contributed by atoms with Crippen LogP contribution >= 0.6 is 0 Å². The number of nitrogens with one attached hydrogen (secondary N) is 2. The van der Waals surface area contributed by atoms with Crippen molar-refractivity contribution in [2.75, 3.05) is 29.5 Å². The maximum atomic E-state index is 13.0. The Balaban J connectivity index is 1.53. The number of hydrogen-bond donors (Lipinski definition) is 4. The number of aryl methyl sites for hydroxylation is 1. The average Bonchev–Trinajstić information content (AvgIpc) is 2.89. The third kappa shape index (κ3) is 6.73. The van der Waals surface area contributed by atoms with Crippen LogP contribution in [0.15, 0.2) is 59.7 Å². The average molecular weight is 528 g/mol. The zero-order chi connectivity index (χ0) is 28.1. The summed E-state index contributed by atoms with van der Waals surface area (Å²) in [5.74, 6) is 0.741. The molecule has 0 saturated carbocycles. The lowest BCUT2D eigenvalue weighted by Gasteiger charge is -2.30. The smallest absolute Gasteiger partial charge is 0.255 e. The molecule has 2 heterocycles. The number of carbonyl (C=O) groups excluding carboxylic acids is 2. The quantitative estimate of drug-likeness (QED) is 0.257.